The Bertz CT molecular complexity index is 1240. The maximum Gasteiger partial charge on any atom is 0.309 e. The molecular weight excluding hydrogens is 409 g/mol. The summed E-state index contributed by atoms with van der Waals surface area (Å²) in [6.07, 6.45) is 3.59. The van der Waals surface area contributed by atoms with Gasteiger partial charge < -0.3 is 14.8 Å². The first kappa shape index (κ1) is 21.2. The van der Waals surface area contributed by atoms with Crippen LogP contribution in [0.25, 0.3) is 10.8 Å². The smallest absolute Gasteiger partial charge is 0.309 e. The van der Waals surface area contributed by atoms with Gasteiger partial charge in [-0.15, -0.1) is 0 Å². The van der Waals surface area contributed by atoms with Crippen molar-refractivity contribution < 1.29 is 18.7 Å². The predicted octanol–water partition coefficient (Wildman–Crippen LogP) is 5.45. The number of hydrogen-bond acceptors (Lipinski definition) is 6. The molecule has 0 fully saturated rings. The minimum absolute atomic E-state index is 0.0810. The zero-order chi connectivity index (χ0) is 22.5. The Morgan fingerprint density at radius 3 is 2.53 bits per heavy atom. The highest BCUT2D eigenvalue weighted by atomic mass is 19.1. The SMILES string of the molecule is COC(=O)Cc1ccc([C@H](C)Nc2nccc3ccnc(Oc4cccc(F)c4)c23)cc1. The molecule has 2 heterocycles. The largest absolute Gasteiger partial charge is 0.469 e. The van der Waals surface area contributed by atoms with Gasteiger partial charge in [0.15, 0.2) is 0 Å². The molecule has 0 amide bonds. The van der Waals surface area contributed by atoms with Crippen LogP contribution < -0.4 is 10.1 Å². The zero-order valence-electron chi connectivity index (χ0n) is 17.7. The minimum atomic E-state index is -0.386. The second kappa shape index (κ2) is 9.43. The summed E-state index contributed by atoms with van der Waals surface area (Å²) in [4.78, 5) is 20.3. The van der Waals surface area contributed by atoms with Crippen molar-refractivity contribution >= 4 is 22.6 Å². The molecule has 162 valence electrons. The molecule has 32 heavy (non-hydrogen) atoms. The van der Waals surface area contributed by atoms with Gasteiger partial charge in [-0.25, -0.2) is 14.4 Å². The van der Waals surface area contributed by atoms with E-state index in [0.717, 1.165) is 16.5 Å². The number of ether oxygens (including phenoxy) is 2. The van der Waals surface area contributed by atoms with Crippen molar-refractivity contribution in [2.75, 3.05) is 12.4 Å². The fourth-order valence-electron chi connectivity index (χ4n) is 3.37. The number of carbonyl (C=O) groups excluding carboxylic acids is 1. The molecule has 0 unspecified atom stereocenters. The maximum absolute atomic E-state index is 13.6. The van der Waals surface area contributed by atoms with Crippen molar-refractivity contribution in [1.82, 2.24) is 9.97 Å². The van der Waals surface area contributed by atoms with Crippen LogP contribution in [-0.2, 0) is 16.0 Å². The Balaban J connectivity index is 1.60. The van der Waals surface area contributed by atoms with E-state index in [1.807, 2.05) is 43.3 Å². The third-order valence-corrected chi connectivity index (χ3v) is 5.06. The fourth-order valence-corrected chi connectivity index (χ4v) is 3.37. The Morgan fingerprint density at radius 1 is 1.06 bits per heavy atom. The van der Waals surface area contributed by atoms with Crippen LogP contribution in [-0.4, -0.2) is 23.0 Å². The monoisotopic (exact) mass is 431 g/mol. The van der Waals surface area contributed by atoms with Crippen LogP contribution in [0.4, 0.5) is 10.2 Å². The van der Waals surface area contributed by atoms with Crippen molar-refractivity contribution in [2.45, 2.75) is 19.4 Å². The van der Waals surface area contributed by atoms with Crippen molar-refractivity contribution in [3.8, 4) is 11.6 Å². The molecule has 2 aromatic carbocycles. The molecular formula is C25H22FN3O3. The normalized spacial score (nSPS) is 11.7. The fraction of sp³-hybridized carbons (Fsp3) is 0.160. The van der Waals surface area contributed by atoms with Gasteiger partial charge in [-0.05, 0) is 47.7 Å². The summed E-state index contributed by atoms with van der Waals surface area (Å²) in [6.45, 7) is 2.01. The van der Waals surface area contributed by atoms with Gasteiger partial charge in [0.1, 0.15) is 17.4 Å². The number of nitrogens with zero attached hydrogens (tertiary/aromatic N) is 2. The molecule has 0 bridgehead atoms. The zero-order valence-corrected chi connectivity index (χ0v) is 17.7. The van der Waals surface area contributed by atoms with Crippen molar-refractivity contribution in [1.29, 1.82) is 0 Å². The van der Waals surface area contributed by atoms with E-state index in [0.29, 0.717) is 22.8 Å². The van der Waals surface area contributed by atoms with Crippen LogP contribution in [0.1, 0.15) is 24.1 Å². The first-order chi connectivity index (χ1) is 15.5. The standard InChI is InChI=1S/C25H22FN3O3/c1-16(18-8-6-17(7-9-18)14-22(30)31-2)29-24-23-19(10-12-27-24)11-13-28-25(23)32-21-5-3-4-20(26)15-21/h3-13,15-16H,14H2,1-2H3,(H,27,29)/t16-/m0/s1. The molecule has 2 aromatic heterocycles. The third-order valence-electron chi connectivity index (χ3n) is 5.06. The number of fused-ring (bicyclic) bond motifs is 1. The summed E-state index contributed by atoms with van der Waals surface area (Å²) in [7, 11) is 1.38. The van der Waals surface area contributed by atoms with E-state index in [9.17, 15) is 9.18 Å². The van der Waals surface area contributed by atoms with Crippen molar-refractivity contribution in [3.63, 3.8) is 0 Å². The second-order valence-corrected chi connectivity index (χ2v) is 7.29. The van der Waals surface area contributed by atoms with E-state index in [4.69, 9.17) is 9.47 Å². The van der Waals surface area contributed by atoms with Crippen LogP contribution in [0.3, 0.4) is 0 Å². The number of anilines is 1. The number of rotatable bonds is 7. The number of pyridine rings is 2. The van der Waals surface area contributed by atoms with E-state index in [-0.39, 0.29) is 24.2 Å². The average Bonchev–Trinajstić information content (AvgIpc) is 2.79. The molecule has 6 nitrogen and oxygen atoms in total. The molecule has 0 aliphatic heterocycles. The van der Waals surface area contributed by atoms with Crippen LogP contribution in [0.5, 0.6) is 11.6 Å². The van der Waals surface area contributed by atoms with Crippen LogP contribution in [0.15, 0.2) is 73.1 Å². The maximum atomic E-state index is 13.6. The first-order valence-corrected chi connectivity index (χ1v) is 10.1. The summed E-state index contributed by atoms with van der Waals surface area (Å²) in [5.74, 6) is 0.636. The lowest BCUT2D eigenvalue weighted by atomic mass is 10.0. The van der Waals surface area contributed by atoms with E-state index in [2.05, 4.69) is 15.3 Å². The summed E-state index contributed by atoms with van der Waals surface area (Å²) < 4.78 is 24.2. The number of nitrogens with one attached hydrogen (secondary N) is 1. The molecule has 4 rings (SSSR count). The molecule has 0 saturated heterocycles. The van der Waals surface area contributed by atoms with Gasteiger partial charge >= 0.3 is 5.97 Å². The van der Waals surface area contributed by atoms with Gasteiger partial charge in [0.2, 0.25) is 5.88 Å². The highest BCUT2D eigenvalue weighted by molar-refractivity contribution is 5.95. The van der Waals surface area contributed by atoms with Gasteiger partial charge in [0, 0.05) is 24.5 Å². The highest BCUT2D eigenvalue weighted by Gasteiger charge is 2.15. The number of halogens is 1. The molecule has 0 radical (unpaired) electrons. The minimum Gasteiger partial charge on any atom is -0.469 e. The van der Waals surface area contributed by atoms with Gasteiger partial charge in [-0.1, -0.05) is 30.3 Å². The van der Waals surface area contributed by atoms with E-state index in [1.165, 1.54) is 19.2 Å². The predicted molar refractivity (Wildman–Crippen MR) is 120 cm³/mol. The molecule has 0 aliphatic carbocycles. The topological polar surface area (TPSA) is 73.3 Å². The molecule has 0 aliphatic rings. The van der Waals surface area contributed by atoms with Crippen molar-refractivity contribution in [3.05, 3.63) is 90.0 Å². The van der Waals surface area contributed by atoms with E-state index >= 15 is 0 Å². The average molecular weight is 431 g/mol. The van der Waals surface area contributed by atoms with Crippen LogP contribution in [0, 0.1) is 5.82 Å². The number of carbonyl (C=O) groups is 1. The Hall–Kier alpha value is -4.00. The summed E-state index contributed by atoms with van der Waals surface area (Å²) >= 11 is 0. The number of esters is 1. The first-order valence-electron chi connectivity index (χ1n) is 10.1. The molecule has 1 N–H and O–H groups in total. The van der Waals surface area contributed by atoms with E-state index in [1.54, 1.807) is 24.5 Å². The summed E-state index contributed by atoms with van der Waals surface area (Å²) in [5, 5.41) is 5.01. The molecule has 4 aromatic rings. The summed E-state index contributed by atoms with van der Waals surface area (Å²) in [5.41, 5.74) is 1.90. The van der Waals surface area contributed by atoms with Gasteiger partial charge in [0.25, 0.3) is 0 Å². The third kappa shape index (κ3) is 4.83. The number of hydrogen-bond donors (Lipinski definition) is 1. The summed E-state index contributed by atoms with van der Waals surface area (Å²) in [6, 6.07) is 17.3. The number of methoxy groups -OCH3 is 1. The second-order valence-electron chi connectivity index (χ2n) is 7.29. The number of benzene rings is 2. The Morgan fingerprint density at radius 2 is 1.81 bits per heavy atom. The lowest BCUT2D eigenvalue weighted by molar-refractivity contribution is -0.139. The van der Waals surface area contributed by atoms with Crippen LogP contribution in [0.2, 0.25) is 0 Å². The van der Waals surface area contributed by atoms with E-state index < -0.39 is 0 Å². The molecule has 7 heteroatoms. The quantitative estimate of drug-likeness (QED) is 0.392. The Kier molecular flexibility index (Phi) is 6.26. The van der Waals surface area contributed by atoms with Gasteiger partial charge in [-0.2, -0.15) is 0 Å². The van der Waals surface area contributed by atoms with Gasteiger partial charge in [-0.3, -0.25) is 4.79 Å². The van der Waals surface area contributed by atoms with Gasteiger partial charge in [0.05, 0.1) is 18.9 Å². The highest BCUT2D eigenvalue weighted by Crippen LogP contribution is 2.33. The molecule has 0 saturated carbocycles. The molecule has 1 atom stereocenters. The lowest BCUT2D eigenvalue weighted by Gasteiger charge is -2.18. The lowest BCUT2D eigenvalue weighted by Crippen LogP contribution is -2.09. The van der Waals surface area contributed by atoms with Crippen molar-refractivity contribution in [2.24, 2.45) is 0 Å². The number of aromatic nitrogens is 2. The van der Waals surface area contributed by atoms with Crippen LogP contribution >= 0.6 is 0 Å². The Labute approximate surface area is 185 Å². The molecule has 0 spiro atoms.